The average Bonchev–Trinajstić information content (AvgIpc) is 3.13. The Balaban J connectivity index is 1.43. The van der Waals surface area contributed by atoms with E-state index in [2.05, 4.69) is 35.2 Å². The van der Waals surface area contributed by atoms with Crippen LogP contribution in [0.15, 0.2) is 30.3 Å². The number of fused-ring (bicyclic) bond motifs is 2. The van der Waals surface area contributed by atoms with Crippen molar-refractivity contribution in [2.24, 2.45) is 0 Å². The van der Waals surface area contributed by atoms with Gasteiger partial charge in [-0.1, -0.05) is 43.5 Å². The van der Waals surface area contributed by atoms with Gasteiger partial charge in [-0.3, -0.25) is 4.90 Å². The Labute approximate surface area is 165 Å². The Kier molecular flexibility index (Phi) is 4.70. The largest absolute Gasteiger partial charge is 0.293 e. The van der Waals surface area contributed by atoms with Gasteiger partial charge in [0.15, 0.2) is 0 Å². The first-order valence-electron chi connectivity index (χ1n) is 10.3. The summed E-state index contributed by atoms with van der Waals surface area (Å²) in [7, 11) is 0. The summed E-state index contributed by atoms with van der Waals surface area (Å²) in [6, 6.07) is 11.3. The fourth-order valence-corrected chi connectivity index (χ4v) is 5.99. The lowest BCUT2D eigenvalue weighted by atomic mass is 9.88. The van der Waals surface area contributed by atoms with Crippen molar-refractivity contribution in [2.75, 3.05) is 6.54 Å². The Morgan fingerprint density at radius 3 is 2.74 bits per heavy atom. The molecule has 0 N–H and O–H groups in total. The first kappa shape index (κ1) is 17.3. The van der Waals surface area contributed by atoms with Gasteiger partial charge < -0.3 is 0 Å². The van der Waals surface area contributed by atoms with Gasteiger partial charge in [-0.15, -0.1) is 11.3 Å². The SMILES string of the molecule is Cc1nc(CN2CCc3ccccc3C2)c2cc(C3CCCCC3)sc2n1. The number of hydrogen-bond donors (Lipinski definition) is 0. The normalized spacial score (nSPS) is 18.7. The fourth-order valence-electron chi connectivity index (χ4n) is 4.73. The minimum Gasteiger partial charge on any atom is -0.293 e. The Hall–Kier alpha value is -1.78. The van der Waals surface area contributed by atoms with E-state index in [4.69, 9.17) is 9.97 Å². The molecule has 2 aliphatic rings. The van der Waals surface area contributed by atoms with Crippen molar-refractivity contribution >= 4 is 21.6 Å². The molecule has 0 bridgehead atoms. The first-order chi connectivity index (χ1) is 13.3. The standard InChI is InChI=1S/C23H27N3S/c1-16-24-21(15-26-12-11-17-7-5-6-10-19(17)14-26)20-13-22(27-23(20)25-16)18-8-3-2-4-9-18/h5-7,10,13,18H,2-4,8-9,11-12,14-15H2,1H3. The monoisotopic (exact) mass is 377 g/mol. The van der Waals surface area contributed by atoms with Gasteiger partial charge in [0, 0.05) is 29.9 Å². The number of benzene rings is 1. The summed E-state index contributed by atoms with van der Waals surface area (Å²) in [6.07, 6.45) is 7.99. The van der Waals surface area contributed by atoms with E-state index in [1.807, 2.05) is 18.3 Å². The molecule has 2 aromatic heterocycles. The molecule has 4 heteroatoms. The zero-order valence-electron chi connectivity index (χ0n) is 16.1. The highest BCUT2D eigenvalue weighted by Crippen LogP contribution is 2.39. The average molecular weight is 378 g/mol. The molecule has 27 heavy (non-hydrogen) atoms. The van der Waals surface area contributed by atoms with Crippen molar-refractivity contribution in [3.05, 3.63) is 57.9 Å². The highest BCUT2D eigenvalue weighted by molar-refractivity contribution is 7.18. The molecule has 0 atom stereocenters. The summed E-state index contributed by atoms with van der Waals surface area (Å²) >= 11 is 1.91. The number of hydrogen-bond acceptors (Lipinski definition) is 4. The van der Waals surface area contributed by atoms with Crippen molar-refractivity contribution in [1.29, 1.82) is 0 Å². The van der Waals surface area contributed by atoms with Crippen molar-refractivity contribution in [2.45, 2.75) is 64.5 Å². The molecule has 0 unspecified atom stereocenters. The predicted octanol–water partition coefficient (Wildman–Crippen LogP) is 5.61. The van der Waals surface area contributed by atoms with E-state index >= 15 is 0 Å². The maximum atomic E-state index is 4.86. The van der Waals surface area contributed by atoms with Gasteiger partial charge in [-0.2, -0.15) is 0 Å². The summed E-state index contributed by atoms with van der Waals surface area (Å²) in [5.41, 5.74) is 4.20. The topological polar surface area (TPSA) is 29.0 Å². The third-order valence-corrected chi connectivity index (χ3v) is 7.38. The summed E-state index contributed by atoms with van der Waals surface area (Å²) in [4.78, 5) is 14.9. The quantitative estimate of drug-likeness (QED) is 0.594. The van der Waals surface area contributed by atoms with E-state index in [1.54, 1.807) is 0 Å². The molecule has 1 saturated carbocycles. The number of aryl methyl sites for hydroxylation is 1. The fraction of sp³-hybridized carbons (Fsp3) is 0.478. The number of aromatic nitrogens is 2. The lowest BCUT2D eigenvalue weighted by molar-refractivity contribution is 0.243. The van der Waals surface area contributed by atoms with Crippen molar-refractivity contribution in [1.82, 2.24) is 14.9 Å². The molecule has 0 radical (unpaired) electrons. The lowest BCUT2D eigenvalue weighted by Crippen LogP contribution is -2.30. The molecule has 140 valence electrons. The van der Waals surface area contributed by atoms with Crippen molar-refractivity contribution in [3.8, 4) is 0 Å². The molecular formula is C23H27N3S. The second-order valence-electron chi connectivity index (χ2n) is 8.15. The van der Waals surface area contributed by atoms with Gasteiger partial charge in [-0.25, -0.2) is 9.97 Å². The summed E-state index contributed by atoms with van der Waals surface area (Å²) in [5.74, 6) is 1.65. The Morgan fingerprint density at radius 2 is 1.89 bits per heavy atom. The molecule has 3 heterocycles. The summed E-state index contributed by atoms with van der Waals surface area (Å²) in [5, 5.41) is 1.30. The Bertz CT molecular complexity index is 955. The van der Waals surface area contributed by atoms with Crippen molar-refractivity contribution in [3.63, 3.8) is 0 Å². The minimum absolute atomic E-state index is 0.743. The summed E-state index contributed by atoms with van der Waals surface area (Å²) in [6.45, 7) is 5.10. The van der Waals surface area contributed by atoms with E-state index in [0.29, 0.717) is 0 Å². The van der Waals surface area contributed by atoms with Crippen LogP contribution in [0.4, 0.5) is 0 Å². The smallest absolute Gasteiger partial charge is 0.127 e. The number of nitrogens with zero attached hydrogens (tertiary/aromatic N) is 3. The number of thiophene rings is 1. The second-order valence-corrected chi connectivity index (χ2v) is 9.21. The minimum atomic E-state index is 0.743. The number of rotatable bonds is 3. The third-order valence-electron chi connectivity index (χ3n) is 6.19. The van der Waals surface area contributed by atoms with Crippen LogP contribution in [-0.4, -0.2) is 21.4 Å². The molecule has 0 saturated heterocycles. The maximum Gasteiger partial charge on any atom is 0.127 e. The predicted molar refractivity (Wildman–Crippen MR) is 112 cm³/mol. The van der Waals surface area contributed by atoms with E-state index in [-0.39, 0.29) is 0 Å². The molecule has 3 aromatic rings. The molecular weight excluding hydrogens is 350 g/mol. The van der Waals surface area contributed by atoms with E-state index in [1.165, 1.54) is 64.0 Å². The molecule has 3 nitrogen and oxygen atoms in total. The zero-order valence-corrected chi connectivity index (χ0v) is 16.9. The third kappa shape index (κ3) is 3.53. The highest BCUT2D eigenvalue weighted by Gasteiger charge is 2.22. The van der Waals surface area contributed by atoms with Gasteiger partial charge in [0.1, 0.15) is 10.7 Å². The molecule has 0 spiro atoms. The highest BCUT2D eigenvalue weighted by atomic mass is 32.1. The van der Waals surface area contributed by atoms with Crippen LogP contribution in [0.25, 0.3) is 10.2 Å². The van der Waals surface area contributed by atoms with Crippen LogP contribution < -0.4 is 0 Å². The van der Waals surface area contributed by atoms with Crippen LogP contribution in [0.3, 0.4) is 0 Å². The van der Waals surface area contributed by atoms with Gasteiger partial charge in [0.2, 0.25) is 0 Å². The van der Waals surface area contributed by atoms with Crippen LogP contribution in [0.2, 0.25) is 0 Å². The van der Waals surface area contributed by atoms with Crippen LogP contribution >= 0.6 is 11.3 Å². The van der Waals surface area contributed by atoms with Gasteiger partial charge in [0.05, 0.1) is 5.69 Å². The maximum absolute atomic E-state index is 4.86. The lowest BCUT2D eigenvalue weighted by Gasteiger charge is -2.28. The molecule has 1 aromatic carbocycles. The van der Waals surface area contributed by atoms with Gasteiger partial charge in [0.25, 0.3) is 0 Å². The zero-order chi connectivity index (χ0) is 18.2. The Morgan fingerprint density at radius 1 is 1.07 bits per heavy atom. The molecule has 1 aliphatic carbocycles. The van der Waals surface area contributed by atoms with Crippen LogP contribution in [0, 0.1) is 6.92 Å². The molecule has 1 aliphatic heterocycles. The first-order valence-corrected chi connectivity index (χ1v) is 11.1. The van der Waals surface area contributed by atoms with Crippen molar-refractivity contribution < 1.29 is 0 Å². The van der Waals surface area contributed by atoms with Crippen LogP contribution in [0.5, 0.6) is 0 Å². The molecule has 0 amide bonds. The van der Waals surface area contributed by atoms with Gasteiger partial charge in [-0.05, 0) is 49.3 Å². The van der Waals surface area contributed by atoms with Crippen LogP contribution in [0.1, 0.15) is 65.5 Å². The van der Waals surface area contributed by atoms with E-state index in [9.17, 15) is 0 Å². The van der Waals surface area contributed by atoms with E-state index < -0.39 is 0 Å². The van der Waals surface area contributed by atoms with Gasteiger partial charge >= 0.3 is 0 Å². The van der Waals surface area contributed by atoms with E-state index in [0.717, 1.165) is 37.8 Å². The molecule has 1 fully saturated rings. The summed E-state index contributed by atoms with van der Waals surface area (Å²) < 4.78 is 0. The van der Waals surface area contributed by atoms with Crippen LogP contribution in [-0.2, 0) is 19.5 Å². The second kappa shape index (κ2) is 7.33. The molecule has 5 rings (SSSR count).